The van der Waals surface area contributed by atoms with E-state index in [9.17, 15) is 0 Å². The van der Waals surface area contributed by atoms with Crippen molar-refractivity contribution in [1.29, 1.82) is 0 Å². The lowest BCUT2D eigenvalue weighted by Crippen LogP contribution is -2.10. The van der Waals surface area contributed by atoms with Gasteiger partial charge in [-0.3, -0.25) is 9.97 Å². The molecule has 0 unspecified atom stereocenters. The van der Waals surface area contributed by atoms with Crippen LogP contribution in [0.1, 0.15) is 0 Å². The number of benzene rings is 11. The van der Waals surface area contributed by atoms with Gasteiger partial charge in [-0.15, -0.1) is 0 Å². The number of aromatic nitrogens is 3. The number of para-hydroxylation sites is 3. The SMILES string of the molecule is c1ccc(N(c2ccc(-n3c4ccccc4c4ccccc43)cc2)c2ccc3c(-c4ccc(-c5ccc6ncccc6c5)cc4)c4ccccc4c(-c4ccc(-c5ccc6ncccc6c5)cc4)c3c2)cc1. The molecule has 0 radical (unpaired) electrons. The van der Waals surface area contributed by atoms with Gasteiger partial charge in [-0.25, -0.2) is 0 Å². The number of pyridine rings is 2. The molecule has 14 aromatic rings. The van der Waals surface area contributed by atoms with E-state index in [4.69, 9.17) is 0 Å². The molecule has 72 heavy (non-hydrogen) atoms. The first-order valence-corrected chi connectivity index (χ1v) is 24.5. The van der Waals surface area contributed by atoms with Crippen molar-refractivity contribution >= 4 is 82.2 Å². The van der Waals surface area contributed by atoms with Crippen LogP contribution in [-0.4, -0.2) is 14.5 Å². The summed E-state index contributed by atoms with van der Waals surface area (Å²) in [5.41, 5.74) is 18.2. The minimum Gasteiger partial charge on any atom is -0.310 e. The predicted molar refractivity (Wildman–Crippen MR) is 303 cm³/mol. The summed E-state index contributed by atoms with van der Waals surface area (Å²) < 4.78 is 2.38. The molecule has 0 spiro atoms. The molecule has 0 amide bonds. The van der Waals surface area contributed by atoms with E-state index in [1.807, 2.05) is 24.5 Å². The van der Waals surface area contributed by atoms with E-state index >= 15 is 0 Å². The minimum atomic E-state index is 0.996. The van der Waals surface area contributed by atoms with Crippen molar-refractivity contribution in [2.75, 3.05) is 4.90 Å². The molecule has 0 aliphatic heterocycles. The maximum Gasteiger partial charge on any atom is 0.0702 e. The summed E-state index contributed by atoms with van der Waals surface area (Å²) in [6.07, 6.45) is 3.70. The molecule has 0 fully saturated rings. The summed E-state index contributed by atoms with van der Waals surface area (Å²) in [6.45, 7) is 0. The molecule has 0 saturated carbocycles. The standard InChI is InChI=1S/C68H44N4/c1-2-14-53(15-3-1)71(54-32-34-55(35-33-54)72-65-20-8-6-16-57(65)58-17-7-9-21-66(58)72)56-36-37-61-62(44-56)68(48-28-24-46(25-29-48)50-31-39-64-52(43-50)13-11-41-70-64)60-19-5-4-18-59(60)67(61)47-26-22-45(23-27-47)49-30-38-63-51(42-49)12-10-40-69-63/h1-44H. The van der Waals surface area contributed by atoms with E-state index in [0.29, 0.717) is 0 Å². The van der Waals surface area contributed by atoms with E-state index in [1.54, 1.807) is 0 Å². The Hall–Kier alpha value is -9.64. The Bertz CT molecular complexity index is 4310. The zero-order valence-electron chi connectivity index (χ0n) is 39.2. The summed E-state index contributed by atoms with van der Waals surface area (Å²) in [6, 6.07) is 92.7. The first-order chi connectivity index (χ1) is 35.7. The molecule has 0 saturated heterocycles. The highest BCUT2D eigenvalue weighted by Gasteiger charge is 2.21. The second-order valence-electron chi connectivity index (χ2n) is 18.6. The topological polar surface area (TPSA) is 34.0 Å². The largest absolute Gasteiger partial charge is 0.310 e. The normalized spacial score (nSPS) is 11.6. The molecule has 0 aliphatic rings. The number of rotatable bonds is 8. The summed E-state index contributed by atoms with van der Waals surface area (Å²) in [5.74, 6) is 0. The van der Waals surface area contributed by atoms with E-state index in [2.05, 4.69) is 262 Å². The lowest BCUT2D eigenvalue weighted by molar-refractivity contribution is 1.17. The van der Waals surface area contributed by atoms with Crippen LogP contribution in [0.15, 0.2) is 267 Å². The van der Waals surface area contributed by atoms with Crippen LogP contribution in [0.3, 0.4) is 0 Å². The van der Waals surface area contributed by atoms with Gasteiger partial charge >= 0.3 is 0 Å². The zero-order chi connectivity index (χ0) is 47.5. The second kappa shape index (κ2) is 17.1. The fraction of sp³-hybridized carbons (Fsp3) is 0. The smallest absolute Gasteiger partial charge is 0.0702 e. The van der Waals surface area contributed by atoms with Crippen molar-refractivity contribution in [2.45, 2.75) is 0 Å². The van der Waals surface area contributed by atoms with Crippen molar-refractivity contribution < 1.29 is 0 Å². The summed E-state index contributed by atoms with van der Waals surface area (Å²) in [7, 11) is 0. The molecule has 14 rings (SSSR count). The predicted octanol–water partition coefficient (Wildman–Crippen LogP) is 18.3. The van der Waals surface area contributed by atoms with Gasteiger partial charge in [-0.1, -0.05) is 158 Å². The van der Waals surface area contributed by atoms with Crippen molar-refractivity contribution in [3.05, 3.63) is 267 Å². The van der Waals surface area contributed by atoms with Crippen molar-refractivity contribution in [2.24, 2.45) is 0 Å². The maximum absolute atomic E-state index is 4.57. The number of hydrogen-bond donors (Lipinski definition) is 0. The highest BCUT2D eigenvalue weighted by Crippen LogP contribution is 2.47. The molecule has 11 aromatic carbocycles. The maximum atomic E-state index is 4.57. The summed E-state index contributed by atoms with van der Waals surface area (Å²) in [5, 5.41) is 9.55. The highest BCUT2D eigenvalue weighted by molar-refractivity contribution is 6.22. The molecule has 4 heteroatoms. The second-order valence-corrected chi connectivity index (χ2v) is 18.6. The van der Waals surface area contributed by atoms with E-state index in [0.717, 1.165) is 55.7 Å². The van der Waals surface area contributed by atoms with Crippen molar-refractivity contribution in [1.82, 2.24) is 14.5 Å². The third-order valence-electron chi connectivity index (χ3n) is 14.4. The van der Waals surface area contributed by atoms with Gasteiger partial charge in [-0.2, -0.15) is 0 Å². The molecule has 0 bridgehead atoms. The quantitative estimate of drug-likeness (QED) is 0.142. The fourth-order valence-electron chi connectivity index (χ4n) is 11.1. The summed E-state index contributed by atoms with van der Waals surface area (Å²) >= 11 is 0. The number of fused-ring (bicyclic) bond motifs is 7. The Labute approximate surface area is 417 Å². The molecule has 4 nitrogen and oxygen atoms in total. The van der Waals surface area contributed by atoms with Crippen LogP contribution in [0.5, 0.6) is 0 Å². The molecular formula is C68H44N4. The van der Waals surface area contributed by atoms with Gasteiger partial charge in [0.15, 0.2) is 0 Å². The van der Waals surface area contributed by atoms with Gasteiger partial charge < -0.3 is 9.47 Å². The third-order valence-corrected chi connectivity index (χ3v) is 14.4. The van der Waals surface area contributed by atoms with Gasteiger partial charge in [0, 0.05) is 56.7 Å². The zero-order valence-corrected chi connectivity index (χ0v) is 39.2. The molecule has 336 valence electrons. The molecule has 3 aromatic heterocycles. The van der Waals surface area contributed by atoms with E-state index in [1.165, 1.54) is 76.7 Å². The first-order valence-electron chi connectivity index (χ1n) is 24.5. The Morgan fingerprint density at radius 1 is 0.278 bits per heavy atom. The van der Waals surface area contributed by atoms with Gasteiger partial charge in [0.2, 0.25) is 0 Å². The Balaban J connectivity index is 0.950. The number of anilines is 3. The third kappa shape index (κ3) is 7.00. The summed E-state index contributed by atoms with van der Waals surface area (Å²) in [4.78, 5) is 11.5. The van der Waals surface area contributed by atoms with Crippen molar-refractivity contribution in [3.63, 3.8) is 0 Å². The average Bonchev–Trinajstić information content (AvgIpc) is 3.79. The molecule has 0 aliphatic carbocycles. The van der Waals surface area contributed by atoms with Crippen LogP contribution in [0.2, 0.25) is 0 Å². The van der Waals surface area contributed by atoms with Crippen LogP contribution in [0.25, 0.3) is 115 Å². The Morgan fingerprint density at radius 3 is 1.26 bits per heavy atom. The van der Waals surface area contributed by atoms with Crippen LogP contribution in [-0.2, 0) is 0 Å². The van der Waals surface area contributed by atoms with Crippen LogP contribution < -0.4 is 4.90 Å². The van der Waals surface area contributed by atoms with Gasteiger partial charge in [-0.05, 0) is 163 Å². The average molecular weight is 917 g/mol. The van der Waals surface area contributed by atoms with Crippen LogP contribution in [0, 0.1) is 0 Å². The molecular weight excluding hydrogens is 873 g/mol. The molecule has 0 N–H and O–H groups in total. The van der Waals surface area contributed by atoms with Crippen LogP contribution >= 0.6 is 0 Å². The van der Waals surface area contributed by atoms with E-state index < -0.39 is 0 Å². The Kier molecular flexibility index (Phi) is 9.82. The van der Waals surface area contributed by atoms with Crippen LogP contribution in [0.4, 0.5) is 17.1 Å². The monoisotopic (exact) mass is 916 g/mol. The van der Waals surface area contributed by atoms with Crippen molar-refractivity contribution in [3.8, 4) is 50.2 Å². The lowest BCUT2D eigenvalue weighted by atomic mass is 9.85. The first kappa shape index (κ1) is 41.3. The number of hydrogen-bond acceptors (Lipinski definition) is 3. The molecule has 3 heterocycles. The van der Waals surface area contributed by atoms with E-state index in [-0.39, 0.29) is 0 Å². The van der Waals surface area contributed by atoms with Gasteiger partial charge in [0.1, 0.15) is 0 Å². The minimum absolute atomic E-state index is 0.996. The van der Waals surface area contributed by atoms with Gasteiger partial charge in [0.25, 0.3) is 0 Å². The Morgan fingerprint density at radius 2 is 0.708 bits per heavy atom. The lowest BCUT2D eigenvalue weighted by Gasteiger charge is -2.27. The van der Waals surface area contributed by atoms with Gasteiger partial charge in [0.05, 0.1) is 22.1 Å². The fourth-order valence-corrected chi connectivity index (χ4v) is 11.1. The number of nitrogens with zero attached hydrogens (tertiary/aromatic N) is 4. The highest BCUT2D eigenvalue weighted by atomic mass is 15.1. The molecule has 0 atom stereocenters.